The molecule has 1 heterocycles. The lowest BCUT2D eigenvalue weighted by Crippen LogP contribution is -2.33. The van der Waals surface area contributed by atoms with E-state index in [1.54, 1.807) is 11.3 Å². The van der Waals surface area contributed by atoms with E-state index >= 15 is 0 Å². The number of hydrogen-bond donors (Lipinski definition) is 1. The smallest absolute Gasteiger partial charge is 0.0934 e. The molecule has 2 nitrogen and oxygen atoms in total. The van der Waals surface area contributed by atoms with Crippen LogP contribution in [0.5, 0.6) is 0 Å². The third kappa shape index (κ3) is 3.89. The topological polar surface area (TPSA) is 20.2 Å². The zero-order valence-corrected chi connectivity index (χ0v) is 9.05. The first kappa shape index (κ1) is 10.7. The van der Waals surface area contributed by atoms with E-state index in [9.17, 15) is 5.11 Å². The maximum atomic E-state index is 9.75. The van der Waals surface area contributed by atoms with E-state index in [0.717, 1.165) is 17.8 Å². The summed E-state index contributed by atoms with van der Waals surface area (Å²) in [6.07, 6.45) is 0.455. The first-order valence-corrected chi connectivity index (χ1v) is 5.26. The fourth-order valence-corrected chi connectivity index (χ4v) is 1.84. The van der Waals surface area contributed by atoms with E-state index in [0.29, 0.717) is 4.48 Å². The van der Waals surface area contributed by atoms with Crippen molar-refractivity contribution >= 4 is 11.3 Å². The highest BCUT2D eigenvalue weighted by Crippen LogP contribution is 2.22. The summed E-state index contributed by atoms with van der Waals surface area (Å²) in [5.74, 6) is 0. The molecule has 1 N–H and O–H groups in total. The van der Waals surface area contributed by atoms with Crippen LogP contribution in [0.1, 0.15) is 17.4 Å². The monoisotopic (exact) mass is 199 g/mol. The lowest BCUT2D eigenvalue weighted by atomic mass is 10.2. The van der Waals surface area contributed by atoms with E-state index in [1.165, 1.54) is 0 Å². The summed E-state index contributed by atoms with van der Waals surface area (Å²) in [4.78, 5) is 1.05. The van der Waals surface area contributed by atoms with Gasteiger partial charge in [-0.3, -0.25) is 0 Å². The van der Waals surface area contributed by atoms with Crippen LogP contribution in [0.3, 0.4) is 0 Å². The molecule has 0 fully saturated rings. The Morgan fingerprint density at radius 3 is 2.77 bits per heavy atom. The highest BCUT2D eigenvalue weighted by molar-refractivity contribution is 7.10. The largest absolute Gasteiger partial charge is 0.462 e. The number of rotatable bonds is 4. The van der Waals surface area contributed by atoms with Crippen molar-refractivity contribution in [3.05, 3.63) is 29.4 Å². The Morgan fingerprint density at radius 2 is 2.31 bits per heavy atom. The van der Waals surface area contributed by atoms with Gasteiger partial charge >= 0.3 is 0 Å². The van der Waals surface area contributed by atoms with Gasteiger partial charge in [0.15, 0.2) is 0 Å². The fraction of sp³-hybridized carbons (Fsp3) is 0.500. The van der Waals surface area contributed by atoms with Gasteiger partial charge in [-0.15, -0.1) is 18.4 Å². The van der Waals surface area contributed by atoms with E-state index in [-0.39, 0.29) is 6.10 Å². The van der Waals surface area contributed by atoms with Gasteiger partial charge in [-0.25, -0.2) is 0 Å². The molecule has 0 spiro atoms. The fourth-order valence-electron chi connectivity index (χ4n) is 1.09. The summed E-state index contributed by atoms with van der Waals surface area (Å²) in [5.41, 5.74) is 0. The van der Waals surface area contributed by atoms with Gasteiger partial charge < -0.3 is 9.59 Å². The molecule has 0 aliphatic heterocycles. The zero-order valence-electron chi connectivity index (χ0n) is 8.23. The van der Waals surface area contributed by atoms with Crippen molar-refractivity contribution in [2.24, 2.45) is 0 Å². The quantitative estimate of drug-likeness (QED) is 0.581. The molecule has 0 aliphatic rings. The van der Waals surface area contributed by atoms with Crippen LogP contribution in [0.2, 0.25) is 0 Å². The predicted octanol–water partition coefficient (Wildman–Crippen LogP) is 2.04. The highest BCUT2D eigenvalue weighted by Gasteiger charge is 2.11. The minimum absolute atomic E-state index is 0.320. The van der Waals surface area contributed by atoms with Crippen LogP contribution in [0.4, 0.5) is 0 Å². The van der Waals surface area contributed by atoms with E-state index in [2.05, 4.69) is 7.05 Å². The van der Waals surface area contributed by atoms with Crippen molar-refractivity contribution in [3.8, 4) is 0 Å². The molecule has 0 unspecified atom stereocenters. The van der Waals surface area contributed by atoms with Crippen LogP contribution < -0.4 is 0 Å². The summed E-state index contributed by atoms with van der Waals surface area (Å²) in [6.45, 7) is 0.888. The maximum Gasteiger partial charge on any atom is 0.0934 e. The van der Waals surface area contributed by atoms with E-state index < -0.39 is 0 Å². The first-order valence-electron chi connectivity index (χ1n) is 4.38. The summed E-state index contributed by atoms with van der Waals surface area (Å²) in [7, 11) is 8.01. The second-order valence-electron chi connectivity index (χ2n) is 3.98. The molecule has 1 atom stereocenters. The third-order valence-corrected chi connectivity index (χ3v) is 2.85. The molecular weight excluding hydrogens is 182 g/mol. The molecule has 0 saturated carbocycles. The van der Waals surface area contributed by atoms with Gasteiger partial charge in [0.25, 0.3) is 0 Å². The number of hydrogen-bond acceptors (Lipinski definition) is 2. The molecule has 0 saturated heterocycles. The molecule has 0 radical (unpaired) electrons. The molecule has 1 rings (SSSR count). The molecule has 74 valence electrons. The van der Waals surface area contributed by atoms with Crippen LogP contribution in [-0.2, 0) is 0 Å². The van der Waals surface area contributed by atoms with Crippen LogP contribution in [0.15, 0.2) is 17.5 Å². The number of aliphatic hydroxyl groups is 1. The van der Waals surface area contributed by atoms with Crippen LogP contribution in [-0.4, -0.2) is 30.2 Å². The number of nitrogens with zero attached hydrogens (tertiary/aromatic N) is 1. The molecule has 0 aromatic carbocycles. The van der Waals surface area contributed by atoms with Gasteiger partial charge in [0.2, 0.25) is 0 Å². The Labute approximate surface area is 84.0 Å². The van der Waals surface area contributed by atoms with Crippen molar-refractivity contribution in [2.75, 3.05) is 20.6 Å². The molecular formula is C10H17NOS. The SMILES string of the molecule is [CH2-][N+](C)(C)CC[C@H](O)c1cccs1. The predicted molar refractivity (Wildman–Crippen MR) is 56.2 cm³/mol. The summed E-state index contributed by atoms with van der Waals surface area (Å²) in [5, 5.41) is 11.7. The Kier molecular flexibility index (Phi) is 3.47. The average Bonchev–Trinajstić information content (AvgIpc) is 2.50. The normalized spacial score (nSPS) is 14.5. The molecule has 0 aliphatic carbocycles. The number of quaternary nitrogens is 1. The Morgan fingerprint density at radius 1 is 1.62 bits per heavy atom. The minimum atomic E-state index is -0.320. The highest BCUT2D eigenvalue weighted by atomic mass is 32.1. The average molecular weight is 199 g/mol. The van der Waals surface area contributed by atoms with Gasteiger partial charge in [-0.1, -0.05) is 6.07 Å². The van der Waals surface area contributed by atoms with E-state index in [1.807, 2.05) is 31.6 Å². The number of thiophene rings is 1. The van der Waals surface area contributed by atoms with Gasteiger partial charge in [-0.2, -0.15) is 0 Å². The molecule has 0 bridgehead atoms. The van der Waals surface area contributed by atoms with Gasteiger partial charge in [0.1, 0.15) is 0 Å². The Hall–Kier alpha value is -0.380. The first-order chi connectivity index (χ1) is 5.99. The Bertz CT molecular complexity index is 238. The molecule has 0 amide bonds. The van der Waals surface area contributed by atoms with Crippen LogP contribution in [0, 0.1) is 7.05 Å². The second-order valence-corrected chi connectivity index (χ2v) is 4.96. The van der Waals surface area contributed by atoms with Gasteiger partial charge in [0.05, 0.1) is 12.6 Å². The number of aliphatic hydroxyl groups excluding tert-OH is 1. The van der Waals surface area contributed by atoms with Crippen LogP contribution >= 0.6 is 11.3 Å². The van der Waals surface area contributed by atoms with Crippen LogP contribution in [0.25, 0.3) is 0 Å². The molecule has 3 heteroatoms. The van der Waals surface area contributed by atoms with Gasteiger partial charge in [0, 0.05) is 25.4 Å². The second kappa shape index (κ2) is 4.22. The Balaban J connectivity index is 2.39. The lowest BCUT2D eigenvalue weighted by molar-refractivity contribution is -0.846. The minimum Gasteiger partial charge on any atom is -0.462 e. The molecule has 1 aromatic rings. The van der Waals surface area contributed by atoms with Crippen molar-refractivity contribution in [1.29, 1.82) is 0 Å². The van der Waals surface area contributed by atoms with Crippen molar-refractivity contribution in [2.45, 2.75) is 12.5 Å². The summed E-state index contributed by atoms with van der Waals surface area (Å²) in [6, 6.07) is 3.94. The van der Waals surface area contributed by atoms with Crippen molar-refractivity contribution < 1.29 is 9.59 Å². The maximum absolute atomic E-state index is 9.75. The molecule has 13 heavy (non-hydrogen) atoms. The van der Waals surface area contributed by atoms with Crippen molar-refractivity contribution in [3.63, 3.8) is 0 Å². The van der Waals surface area contributed by atoms with Gasteiger partial charge in [-0.05, 0) is 11.4 Å². The van der Waals surface area contributed by atoms with E-state index in [4.69, 9.17) is 0 Å². The van der Waals surface area contributed by atoms with Crippen molar-refractivity contribution in [1.82, 2.24) is 0 Å². The third-order valence-electron chi connectivity index (χ3n) is 1.88. The lowest BCUT2D eigenvalue weighted by Gasteiger charge is -2.33. The summed E-state index contributed by atoms with van der Waals surface area (Å²) < 4.78 is 0.655. The zero-order chi connectivity index (χ0) is 9.90. The standard InChI is InChI=1S/C10H17NOS/c1-11(2,3)7-6-9(12)10-5-4-8-13-10/h4-5,8-9,12H,1,6-7H2,2-3H3/t9-/m0/s1. The summed E-state index contributed by atoms with van der Waals surface area (Å²) >= 11 is 1.60. The molecule has 1 aromatic heterocycles.